The lowest BCUT2D eigenvalue weighted by Crippen LogP contribution is -2.03. The van der Waals surface area contributed by atoms with Crippen molar-refractivity contribution in [2.75, 3.05) is 0 Å². The molecule has 0 aliphatic carbocycles. The third kappa shape index (κ3) is 3.15. The number of pyridine rings is 1. The molecule has 0 atom stereocenters. The van der Waals surface area contributed by atoms with Crippen LogP contribution in [0, 0.1) is 5.82 Å². The van der Waals surface area contributed by atoms with Gasteiger partial charge in [-0.2, -0.15) is 0 Å². The predicted molar refractivity (Wildman–Crippen MR) is 101 cm³/mol. The lowest BCUT2D eigenvalue weighted by Gasteiger charge is -2.01. The molecule has 0 aliphatic rings. The highest BCUT2D eigenvalue weighted by atomic mass is 32.1. The molecule has 0 fully saturated rings. The van der Waals surface area contributed by atoms with Crippen molar-refractivity contribution in [1.82, 2.24) is 9.97 Å². The number of rotatable bonds is 4. The Kier molecular flexibility index (Phi) is 4.34. The SMILES string of the molecule is CCCc1cc(-c2nc(-c3cc4cc(F)ccc4oc3=O)cs2)ccn1. The smallest absolute Gasteiger partial charge is 0.345 e. The highest BCUT2D eigenvalue weighted by Gasteiger charge is 2.13. The van der Waals surface area contributed by atoms with Gasteiger partial charge in [0.25, 0.3) is 0 Å². The molecule has 0 spiro atoms. The molecule has 6 heteroatoms. The van der Waals surface area contributed by atoms with Gasteiger partial charge in [-0.1, -0.05) is 13.3 Å². The molecule has 4 aromatic rings. The molecule has 3 aromatic heterocycles. The highest BCUT2D eigenvalue weighted by molar-refractivity contribution is 7.13. The van der Waals surface area contributed by atoms with Crippen LogP contribution in [-0.4, -0.2) is 9.97 Å². The summed E-state index contributed by atoms with van der Waals surface area (Å²) in [6.45, 7) is 2.11. The maximum Gasteiger partial charge on any atom is 0.345 e. The van der Waals surface area contributed by atoms with Gasteiger partial charge in [0.15, 0.2) is 0 Å². The van der Waals surface area contributed by atoms with Gasteiger partial charge >= 0.3 is 5.63 Å². The summed E-state index contributed by atoms with van der Waals surface area (Å²) < 4.78 is 18.8. The molecule has 4 rings (SSSR count). The fraction of sp³-hybridized carbons (Fsp3) is 0.150. The van der Waals surface area contributed by atoms with Crippen LogP contribution in [0.5, 0.6) is 0 Å². The van der Waals surface area contributed by atoms with E-state index in [2.05, 4.69) is 16.9 Å². The van der Waals surface area contributed by atoms with E-state index in [0.717, 1.165) is 29.1 Å². The zero-order chi connectivity index (χ0) is 18.1. The topological polar surface area (TPSA) is 56.0 Å². The molecule has 0 N–H and O–H groups in total. The van der Waals surface area contributed by atoms with Crippen LogP contribution in [-0.2, 0) is 6.42 Å². The molecule has 26 heavy (non-hydrogen) atoms. The molecule has 0 aliphatic heterocycles. The van der Waals surface area contributed by atoms with Crippen LogP contribution < -0.4 is 5.63 Å². The number of halogens is 1. The first-order valence-corrected chi connectivity index (χ1v) is 9.16. The van der Waals surface area contributed by atoms with Gasteiger partial charge in [0.1, 0.15) is 16.4 Å². The van der Waals surface area contributed by atoms with Crippen molar-refractivity contribution in [3.05, 3.63) is 69.9 Å². The van der Waals surface area contributed by atoms with Crippen molar-refractivity contribution < 1.29 is 8.81 Å². The summed E-state index contributed by atoms with van der Waals surface area (Å²) in [5.41, 5.74) is 2.71. The zero-order valence-electron chi connectivity index (χ0n) is 14.0. The van der Waals surface area contributed by atoms with Gasteiger partial charge in [0, 0.05) is 28.2 Å². The van der Waals surface area contributed by atoms with Gasteiger partial charge in [-0.3, -0.25) is 4.98 Å². The Hall–Kier alpha value is -2.86. The third-order valence-electron chi connectivity index (χ3n) is 4.04. The first kappa shape index (κ1) is 16.6. The Morgan fingerprint density at radius 2 is 2.08 bits per heavy atom. The zero-order valence-corrected chi connectivity index (χ0v) is 14.8. The number of nitrogens with zero attached hydrogens (tertiary/aromatic N) is 2. The van der Waals surface area contributed by atoms with E-state index in [1.54, 1.807) is 12.3 Å². The fourth-order valence-electron chi connectivity index (χ4n) is 2.81. The largest absolute Gasteiger partial charge is 0.422 e. The summed E-state index contributed by atoms with van der Waals surface area (Å²) in [4.78, 5) is 21.2. The molecular formula is C20H15FN2O2S. The Balaban J connectivity index is 1.76. The minimum absolute atomic E-state index is 0.327. The van der Waals surface area contributed by atoms with Crippen LogP contribution in [0.3, 0.4) is 0 Å². The lowest BCUT2D eigenvalue weighted by molar-refractivity contribution is 0.560. The summed E-state index contributed by atoms with van der Waals surface area (Å²) in [5, 5.41) is 3.15. The van der Waals surface area contributed by atoms with E-state index in [9.17, 15) is 9.18 Å². The highest BCUT2D eigenvalue weighted by Crippen LogP contribution is 2.29. The van der Waals surface area contributed by atoms with Gasteiger partial charge in [-0.25, -0.2) is 14.2 Å². The molecule has 0 saturated carbocycles. The van der Waals surface area contributed by atoms with E-state index in [-0.39, 0.29) is 5.82 Å². The van der Waals surface area contributed by atoms with Gasteiger partial charge in [-0.05, 0) is 42.8 Å². The third-order valence-corrected chi connectivity index (χ3v) is 4.94. The fourth-order valence-corrected chi connectivity index (χ4v) is 3.62. The molecular weight excluding hydrogens is 351 g/mol. The Morgan fingerprint density at radius 1 is 1.19 bits per heavy atom. The second-order valence-corrected chi connectivity index (χ2v) is 6.81. The number of hydrogen-bond donors (Lipinski definition) is 0. The summed E-state index contributed by atoms with van der Waals surface area (Å²) in [6, 6.07) is 9.61. The van der Waals surface area contributed by atoms with E-state index >= 15 is 0 Å². The normalized spacial score (nSPS) is 11.2. The maximum atomic E-state index is 13.5. The number of aromatic nitrogens is 2. The van der Waals surface area contributed by atoms with Crippen molar-refractivity contribution in [2.24, 2.45) is 0 Å². The van der Waals surface area contributed by atoms with Gasteiger partial charge in [0.2, 0.25) is 0 Å². The average Bonchev–Trinajstić information content (AvgIpc) is 3.12. The van der Waals surface area contributed by atoms with E-state index < -0.39 is 5.63 Å². The molecule has 0 unspecified atom stereocenters. The standard InChI is InChI=1S/C20H15FN2O2S/c1-2-3-15-9-12(6-7-22-15)19-23-17(11-26-19)16-10-13-8-14(21)4-5-18(13)25-20(16)24/h4-11H,2-3H2,1H3. The van der Waals surface area contributed by atoms with Gasteiger partial charge in [-0.15, -0.1) is 11.3 Å². The summed E-state index contributed by atoms with van der Waals surface area (Å²) in [7, 11) is 0. The molecule has 0 radical (unpaired) electrons. The molecule has 130 valence electrons. The second-order valence-electron chi connectivity index (χ2n) is 5.95. The van der Waals surface area contributed by atoms with Crippen LogP contribution in [0.25, 0.3) is 32.8 Å². The number of hydrogen-bond acceptors (Lipinski definition) is 5. The Bertz CT molecular complexity index is 1150. The van der Waals surface area contributed by atoms with Crippen molar-refractivity contribution in [3.63, 3.8) is 0 Å². The van der Waals surface area contributed by atoms with Crippen LogP contribution in [0.1, 0.15) is 19.0 Å². The second kappa shape index (κ2) is 6.80. The monoisotopic (exact) mass is 366 g/mol. The van der Waals surface area contributed by atoms with Gasteiger partial charge in [0.05, 0.1) is 11.3 Å². The van der Waals surface area contributed by atoms with Crippen LogP contribution in [0.15, 0.2) is 57.2 Å². The minimum Gasteiger partial charge on any atom is -0.422 e. The maximum absolute atomic E-state index is 13.5. The molecule has 4 nitrogen and oxygen atoms in total. The summed E-state index contributed by atoms with van der Waals surface area (Å²) >= 11 is 1.45. The number of benzene rings is 1. The Morgan fingerprint density at radius 3 is 2.92 bits per heavy atom. The first-order valence-electron chi connectivity index (χ1n) is 8.28. The summed E-state index contributed by atoms with van der Waals surface area (Å²) in [5.74, 6) is -0.378. The van der Waals surface area contributed by atoms with Crippen LogP contribution >= 0.6 is 11.3 Å². The predicted octanol–water partition coefficient (Wildman–Crippen LogP) is 5.07. The van der Waals surface area contributed by atoms with Crippen LogP contribution in [0.2, 0.25) is 0 Å². The van der Waals surface area contributed by atoms with E-state index in [1.807, 2.05) is 17.5 Å². The first-order chi connectivity index (χ1) is 12.6. The average molecular weight is 366 g/mol. The van der Waals surface area contributed by atoms with Crippen molar-refractivity contribution in [2.45, 2.75) is 19.8 Å². The molecule has 1 aromatic carbocycles. The van der Waals surface area contributed by atoms with Gasteiger partial charge < -0.3 is 4.42 Å². The van der Waals surface area contributed by atoms with E-state index in [1.165, 1.54) is 29.5 Å². The molecule has 0 bridgehead atoms. The van der Waals surface area contributed by atoms with E-state index in [0.29, 0.717) is 22.2 Å². The van der Waals surface area contributed by atoms with E-state index in [4.69, 9.17) is 4.42 Å². The number of fused-ring (bicyclic) bond motifs is 1. The number of thiazole rings is 1. The quantitative estimate of drug-likeness (QED) is 0.473. The van der Waals surface area contributed by atoms with Crippen LogP contribution in [0.4, 0.5) is 4.39 Å². The van der Waals surface area contributed by atoms with Crippen molar-refractivity contribution >= 4 is 22.3 Å². The summed E-state index contributed by atoms with van der Waals surface area (Å²) in [6.07, 6.45) is 3.70. The van der Waals surface area contributed by atoms with Crippen molar-refractivity contribution in [1.29, 1.82) is 0 Å². The molecule has 3 heterocycles. The molecule has 0 amide bonds. The lowest BCUT2D eigenvalue weighted by atomic mass is 10.1. The van der Waals surface area contributed by atoms with Crippen molar-refractivity contribution in [3.8, 4) is 21.8 Å². The Labute approximate surface area is 153 Å². The minimum atomic E-state index is -0.484. The number of aryl methyl sites for hydroxylation is 1. The molecule has 0 saturated heterocycles.